The van der Waals surface area contributed by atoms with E-state index in [0.29, 0.717) is 13.1 Å². The standard InChI is InChI=1S/C14H23N3O2/c1-5-17(8-9-18)14(19)15-12-6-7-13(16(3)4)11(2)10-12/h6-7,10,18H,5,8-9H2,1-4H3,(H,15,19). The summed E-state index contributed by atoms with van der Waals surface area (Å²) in [6.07, 6.45) is 0. The second kappa shape index (κ2) is 6.99. The lowest BCUT2D eigenvalue weighted by Gasteiger charge is -2.21. The van der Waals surface area contributed by atoms with Crippen molar-refractivity contribution in [1.82, 2.24) is 4.90 Å². The van der Waals surface area contributed by atoms with Crippen LogP contribution in [0.1, 0.15) is 12.5 Å². The van der Waals surface area contributed by atoms with Crippen LogP contribution in [-0.4, -0.2) is 49.8 Å². The number of carbonyl (C=O) groups is 1. The molecule has 0 saturated heterocycles. The van der Waals surface area contributed by atoms with Crippen LogP contribution in [0.3, 0.4) is 0 Å². The third-order valence-electron chi connectivity index (χ3n) is 2.97. The van der Waals surface area contributed by atoms with Gasteiger partial charge in [-0.15, -0.1) is 0 Å². The molecule has 19 heavy (non-hydrogen) atoms. The van der Waals surface area contributed by atoms with E-state index in [1.165, 1.54) is 0 Å². The Kier molecular flexibility index (Phi) is 5.63. The lowest BCUT2D eigenvalue weighted by molar-refractivity contribution is 0.192. The van der Waals surface area contributed by atoms with E-state index in [0.717, 1.165) is 16.9 Å². The topological polar surface area (TPSA) is 55.8 Å². The van der Waals surface area contributed by atoms with Crippen LogP contribution in [0.4, 0.5) is 16.2 Å². The van der Waals surface area contributed by atoms with Crippen molar-refractivity contribution >= 4 is 17.4 Å². The normalized spacial score (nSPS) is 10.2. The van der Waals surface area contributed by atoms with Crippen LogP contribution in [0, 0.1) is 6.92 Å². The second-order valence-electron chi connectivity index (χ2n) is 4.63. The second-order valence-corrected chi connectivity index (χ2v) is 4.63. The van der Waals surface area contributed by atoms with Crippen molar-refractivity contribution in [1.29, 1.82) is 0 Å². The first-order valence-electron chi connectivity index (χ1n) is 6.44. The molecule has 5 nitrogen and oxygen atoms in total. The van der Waals surface area contributed by atoms with E-state index < -0.39 is 0 Å². The predicted octanol–water partition coefficient (Wildman–Crippen LogP) is 1.91. The van der Waals surface area contributed by atoms with Crippen LogP contribution in [0.25, 0.3) is 0 Å². The number of amides is 2. The molecule has 0 heterocycles. The highest BCUT2D eigenvalue weighted by atomic mass is 16.3. The summed E-state index contributed by atoms with van der Waals surface area (Å²) in [7, 11) is 3.97. The zero-order valence-corrected chi connectivity index (χ0v) is 12.1. The SMILES string of the molecule is CCN(CCO)C(=O)Nc1ccc(N(C)C)c(C)c1. The van der Waals surface area contributed by atoms with Crippen molar-refractivity contribution in [3.05, 3.63) is 23.8 Å². The first kappa shape index (κ1) is 15.3. The van der Waals surface area contributed by atoms with Gasteiger partial charge in [-0.25, -0.2) is 4.79 Å². The third kappa shape index (κ3) is 4.13. The molecule has 0 fully saturated rings. The molecule has 0 unspecified atom stereocenters. The smallest absolute Gasteiger partial charge is 0.321 e. The molecule has 0 aliphatic heterocycles. The number of aryl methyl sites for hydroxylation is 1. The van der Waals surface area contributed by atoms with E-state index in [1.807, 2.05) is 51.0 Å². The summed E-state index contributed by atoms with van der Waals surface area (Å²) in [5.41, 5.74) is 3.00. The van der Waals surface area contributed by atoms with Gasteiger partial charge in [0.05, 0.1) is 6.61 Å². The molecule has 0 bridgehead atoms. The molecule has 1 aromatic carbocycles. The average molecular weight is 265 g/mol. The molecule has 106 valence electrons. The van der Waals surface area contributed by atoms with Gasteiger partial charge in [0.15, 0.2) is 0 Å². The first-order valence-corrected chi connectivity index (χ1v) is 6.44. The molecule has 0 saturated carbocycles. The largest absolute Gasteiger partial charge is 0.395 e. The van der Waals surface area contributed by atoms with E-state index in [4.69, 9.17) is 5.11 Å². The fraction of sp³-hybridized carbons (Fsp3) is 0.500. The lowest BCUT2D eigenvalue weighted by Crippen LogP contribution is -2.36. The van der Waals surface area contributed by atoms with Crippen LogP contribution in [0.5, 0.6) is 0 Å². The average Bonchev–Trinajstić information content (AvgIpc) is 2.35. The van der Waals surface area contributed by atoms with Gasteiger partial charge in [-0.1, -0.05) is 0 Å². The van der Waals surface area contributed by atoms with Crippen LogP contribution in [-0.2, 0) is 0 Å². The van der Waals surface area contributed by atoms with Gasteiger partial charge in [-0.2, -0.15) is 0 Å². The minimum Gasteiger partial charge on any atom is -0.395 e. The van der Waals surface area contributed by atoms with Gasteiger partial charge in [0, 0.05) is 38.6 Å². The van der Waals surface area contributed by atoms with Gasteiger partial charge >= 0.3 is 6.03 Å². The van der Waals surface area contributed by atoms with E-state index in [-0.39, 0.29) is 12.6 Å². The van der Waals surface area contributed by atoms with E-state index in [2.05, 4.69) is 5.32 Å². The number of aliphatic hydroxyl groups is 1. The highest BCUT2D eigenvalue weighted by Crippen LogP contribution is 2.21. The Bertz CT molecular complexity index is 433. The highest BCUT2D eigenvalue weighted by molar-refractivity contribution is 5.89. The number of rotatable bonds is 5. The predicted molar refractivity (Wildman–Crippen MR) is 78.9 cm³/mol. The summed E-state index contributed by atoms with van der Waals surface area (Å²) in [6.45, 7) is 4.78. The molecule has 5 heteroatoms. The highest BCUT2D eigenvalue weighted by Gasteiger charge is 2.11. The number of likely N-dealkylation sites (N-methyl/N-ethyl adjacent to an activating group) is 1. The van der Waals surface area contributed by atoms with Gasteiger partial charge in [0.2, 0.25) is 0 Å². The number of carbonyl (C=O) groups excluding carboxylic acids is 1. The van der Waals surface area contributed by atoms with E-state index >= 15 is 0 Å². The number of aliphatic hydroxyl groups excluding tert-OH is 1. The van der Waals surface area contributed by atoms with Gasteiger partial charge in [0.25, 0.3) is 0 Å². The molecule has 0 aromatic heterocycles. The summed E-state index contributed by atoms with van der Waals surface area (Å²) in [6, 6.07) is 5.62. The Morgan fingerprint density at radius 1 is 1.37 bits per heavy atom. The van der Waals surface area contributed by atoms with Crippen molar-refractivity contribution in [2.75, 3.05) is 44.0 Å². The third-order valence-corrected chi connectivity index (χ3v) is 2.97. The van der Waals surface area contributed by atoms with Crippen molar-refractivity contribution < 1.29 is 9.90 Å². The van der Waals surface area contributed by atoms with Crippen molar-refractivity contribution in [3.8, 4) is 0 Å². The summed E-state index contributed by atoms with van der Waals surface area (Å²) in [5.74, 6) is 0. The minimum atomic E-state index is -0.187. The number of nitrogens with one attached hydrogen (secondary N) is 1. The molecule has 2 amide bonds. The molecule has 0 spiro atoms. The number of benzene rings is 1. The van der Waals surface area contributed by atoms with Crippen molar-refractivity contribution in [2.45, 2.75) is 13.8 Å². The fourth-order valence-electron chi connectivity index (χ4n) is 1.96. The molecular formula is C14H23N3O2. The number of urea groups is 1. The molecule has 1 rings (SSSR count). The fourth-order valence-corrected chi connectivity index (χ4v) is 1.96. The molecule has 0 aliphatic rings. The van der Waals surface area contributed by atoms with E-state index in [9.17, 15) is 4.79 Å². The molecule has 0 radical (unpaired) electrons. The Balaban J connectivity index is 2.77. The molecule has 0 aliphatic carbocycles. The minimum absolute atomic E-state index is 0.0279. The maximum Gasteiger partial charge on any atom is 0.321 e. The Morgan fingerprint density at radius 2 is 2.05 bits per heavy atom. The number of nitrogens with zero attached hydrogens (tertiary/aromatic N) is 2. The first-order chi connectivity index (χ1) is 8.99. The summed E-state index contributed by atoms with van der Waals surface area (Å²) < 4.78 is 0. The molecule has 0 atom stereocenters. The molecular weight excluding hydrogens is 242 g/mol. The Hall–Kier alpha value is -1.75. The maximum absolute atomic E-state index is 12.0. The monoisotopic (exact) mass is 265 g/mol. The van der Waals surface area contributed by atoms with Crippen LogP contribution < -0.4 is 10.2 Å². The van der Waals surface area contributed by atoms with Crippen LogP contribution in [0.2, 0.25) is 0 Å². The summed E-state index contributed by atoms with van der Waals surface area (Å²) in [5, 5.41) is 11.7. The number of hydrogen-bond acceptors (Lipinski definition) is 3. The van der Waals surface area contributed by atoms with Crippen molar-refractivity contribution in [2.24, 2.45) is 0 Å². The van der Waals surface area contributed by atoms with E-state index in [1.54, 1.807) is 4.90 Å². The summed E-state index contributed by atoms with van der Waals surface area (Å²) >= 11 is 0. The van der Waals surface area contributed by atoms with Gasteiger partial charge in [-0.05, 0) is 37.6 Å². The van der Waals surface area contributed by atoms with Crippen molar-refractivity contribution in [3.63, 3.8) is 0 Å². The number of hydrogen-bond donors (Lipinski definition) is 2. The zero-order chi connectivity index (χ0) is 14.4. The lowest BCUT2D eigenvalue weighted by atomic mass is 10.1. The van der Waals surface area contributed by atoms with Gasteiger partial charge in [0.1, 0.15) is 0 Å². The molecule has 2 N–H and O–H groups in total. The quantitative estimate of drug-likeness (QED) is 0.855. The number of anilines is 2. The Morgan fingerprint density at radius 3 is 2.53 bits per heavy atom. The maximum atomic E-state index is 12.0. The Labute approximate surface area is 114 Å². The van der Waals surface area contributed by atoms with Gasteiger partial charge < -0.3 is 20.2 Å². The molecule has 1 aromatic rings. The summed E-state index contributed by atoms with van der Waals surface area (Å²) in [4.78, 5) is 15.6. The van der Waals surface area contributed by atoms with Gasteiger partial charge in [-0.3, -0.25) is 0 Å². The van der Waals surface area contributed by atoms with Crippen LogP contribution in [0.15, 0.2) is 18.2 Å². The zero-order valence-electron chi connectivity index (χ0n) is 12.1. The van der Waals surface area contributed by atoms with Crippen LogP contribution >= 0.6 is 0 Å².